The van der Waals surface area contributed by atoms with Gasteiger partial charge >= 0.3 is 0 Å². The van der Waals surface area contributed by atoms with E-state index in [1.54, 1.807) is 6.07 Å². The van der Waals surface area contributed by atoms with Crippen molar-refractivity contribution in [1.82, 2.24) is 10.2 Å². The zero-order chi connectivity index (χ0) is 16.3. The third-order valence-corrected chi connectivity index (χ3v) is 5.25. The first kappa shape index (κ1) is 19.2. The summed E-state index contributed by atoms with van der Waals surface area (Å²) >= 11 is 0. The van der Waals surface area contributed by atoms with Gasteiger partial charge in [0.25, 0.3) is 0 Å². The fourth-order valence-electron chi connectivity index (χ4n) is 3.83. The molecule has 24 heavy (non-hydrogen) atoms. The molecular formula is C18H26ClFN2O2. The van der Waals surface area contributed by atoms with Crippen LogP contribution in [0.1, 0.15) is 31.2 Å². The summed E-state index contributed by atoms with van der Waals surface area (Å²) in [5, 5.41) is 3.27. The van der Waals surface area contributed by atoms with Gasteiger partial charge in [0, 0.05) is 32.3 Å². The lowest BCUT2D eigenvalue weighted by Crippen LogP contribution is -2.55. The summed E-state index contributed by atoms with van der Waals surface area (Å²) in [7, 11) is 1.94. The van der Waals surface area contributed by atoms with E-state index in [9.17, 15) is 9.18 Å². The van der Waals surface area contributed by atoms with Crippen molar-refractivity contribution in [2.24, 2.45) is 0 Å². The second kappa shape index (κ2) is 8.28. The number of rotatable bonds is 3. The maximum Gasteiger partial charge on any atom is 0.233 e. The summed E-state index contributed by atoms with van der Waals surface area (Å²) in [6, 6.07) is 6.87. The Labute approximate surface area is 149 Å². The lowest BCUT2D eigenvalue weighted by Gasteiger charge is -2.42. The van der Waals surface area contributed by atoms with Crippen LogP contribution in [-0.4, -0.2) is 50.2 Å². The quantitative estimate of drug-likeness (QED) is 0.904. The van der Waals surface area contributed by atoms with Gasteiger partial charge < -0.3 is 15.0 Å². The molecule has 0 radical (unpaired) electrons. The second-order valence-corrected chi connectivity index (χ2v) is 6.58. The summed E-state index contributed by atoms with van der Waals surface area (Å²) in [4.78, 5) is 15.3. The second-order valence-electron chi connectivity index (χ2n) is 6.58. The fourth-order valence-corrected chi connectivity index (χ4v) is 3.83. The molecule has 1 amide bonds. The van der Waals surface area contributed by atoms with E-state index in [1.807, 2.05) is 18.0 Å². The smallest absolute Gasteiger partial charge is 0.233 e. The summed E-state index contributed by atoms with van der Waals surface area (Å²) in [5.74, 6) is -0.153. The maximum atomic E-state index is 13.7. The highest BCUT2D eigenvalue weighted by molar-refractivity contribution is 5.88. The van der Waals surface area contributed by atoms with Crippen LogP contribution in [0.2, 0.25) is 0 Å². The standard InChI is InChI=1S/C18H25FN2O2.ClH/c1-20-16-6-3-9-21(13-16)17(22)18(7-10-23-11-8-18)14-4-2-5-15(19)12-14;/h2,4-5,12,16,20H,3,6-11,13H2,1H3;1H. The van der Waals surface area contributed by atoms with Crippen molar-refractivity contribution in [2.45, 2.75) is 37.1 Å². The summed E-state index contributed by atoms with van der Waals surface area (Å²) in [6.07, 6.45) is 3.34. The Hall–Kier alpha value is -1.17. The number of nitrogens with zero attached hydrogens (tertiary/aromatic N) is 1. The van der Waals surface area contributed by atoms with Crippen LogP contribution in [0, 0.1) is 5.82 Å². The number of carbonyl (C=O) groups is 1. The average Bonchev–Trinajstić information content (AvgIpc) is 2.61. The number of ether oxygens (including phenoxy) is 1. The van der Waals surface area contributed by atoms with Crippen molar-refractivity contribution in [3.8, 4) is 0 Å². The zero-order valence-corrected chi connectivity index (χ0v) is 14.9. The molecule has 2 aliphatic rings. The van der Waals surface area contributed by atoms with Crippen molar-refractivity contribution in [3.05, 3.63) is 35.6 Å². The third-order valence-electron chi connectivity index (χ3n) is 5.25. The topological polar surface area (TPSA) is 41.6 Å². The lowest BCUT2D eigenvalue weighted by molar-refractivity contribution is -0.142. The van der Waals surface area contributed by atoms with Gasteiger partial charge in [-0.15, -0.1) is 12.4 Å². The molecule has 2 aliphatic heterocycles. The molecular weight excluding hydrogens is 331 g/mol. The number of hydrogen-bond donors (Lipinski definition) is 1. The molecule has 4 nitrogen and oxygen atoms in total. The monoisotopic (exact) mass is 356 g/mol. The summed E-state index contributed by atoms with van der Waals surface area (Å²) in [5.41, 5.74) is 0.146. The molecule has 1 unspecified atom stereocenters. The van der Waals surface area contributed by atoms with Gasteiger partial charge in [-0.25, -0.2) is 4.39 Å². The number of likely N-dealkylation sites (tertiary alicyclic amines) is 1. The minimum atomic E-state index is -0.643. The van der Waals surface area contributed by atoms with Crippen LogP contribution in [-0.2, 0) is 14.9 Å². The van der Waals surface area contributed by atoms with Gasteiger partial charge in [0.1, 0.15) is 5.82 Å². The van der Waals surface area contributed by atoms with Crippen molar-refractivity contribution < 1.29 is 13.9 Å². The van der Waals surface area contributed by atoms with Crippen LogP contribution < -0.4 is 5.32 Å². The van der Waals surface area contributed by atoms with Crippen LogP contribution in [0.3, 0.4) is 0 Å². The van der Waals surface area contributed by atoms with E-state index < -0.39 is 5.41 Å². The highest BCUT2D eigenvalue weighted by atomic mass is 35.5. The zero-order valence-electron chi connectivity index (χ0n) is 14.1. The molecule has 0 aliphatic carbocycles. The van der Waals surface area contributed by atoms with E-state index in [4.69, 9.17) is 4.74 Å². The minimum absolute atomic E-state index is 0. The van der Waals surface area contributed by atoms with E-state index in [1.165, 1.54) is 12.1 Å². The number of benzene rings is 1. The molecule has 2 saturated heterocycles. The Morgan fingerprint density at radius 3 is 2.79 bits per heavy atom. The Morgan fingerprint density at radius 1 is 1.38 bits per heavy atom. The first-order chi connectivity index (χ1) is 11.2. The number of nitrogens with one attached hydrogen (secondary N) is 1. The minimum Gasteiger partial charge on any atom is -0.381 e. The lowest BCUT2D eigenvalue weighted by atomic mass is 9.72. The normalized spacial score (nSPS) is 23.4. The molecule has 1 N–H and O–H groups in total. The van der Waals surface area contributed by atoms with Gasteiger partial charge in [0.15, 0.2) is 0 Å². The van der Waals surface area contributed by atoms with Crippen molar-refractivity contribution in [3.63, 3.8) is 0 Å². The van der Waals surface area contributed by atoms with E-state index in [0.717, 1.165) is 31.5 Å². The molecule has 2 heterocycles. The Kier molecular flexibility index (Phi) is 6.61. The number of likely N-dealkylation sites (N-methyl/N-ethyl adjacent to an activating group) is 1. The highest BCUT2D eigenvalue weighted by Crippen LogP contribution is 2.37. The molecule has 0 bridgehead atoms. The number of halogens is 2. The van der Waals surface area contributed by atoms with Crippen molar-refractivity contribution in [2.75, 3.05) is 33.4 Å². The first-order valence-electron chi connectivity index (χ1n) is 8.46. The predicted octanol–water partition coefficient (Wildman–Crippen LogP) is 2.51. The number of carbonyl (C=O) groups excluding carboxylic acids is 1. The fraction of sp³-hybridized carbons (Fsp3) is 0.611. The van der Waals surface area contributed by atoms with Gasteiger partial charge in [-0.2, -0.15) is 0 Å². The Morgan fingerprint density at radius 2 is 2.12 bits per heavy atom. The first-order valence-corrected chi connectivity index (χ1v) is 8.46. The Bertz CT molecular complexity index is 564. The third kappa shape index (κ3) is 3.73. The van der Waals surface area contributed by atoms with Crippen LogP contribution in [0.4, 0.5) is 4.39 Å². The van der Waals surface area contributed by atoms with Gasteiger partial charge in [0.2, 0.25) is 5.91 Å². The maximum absolute atomic E-state index is 13.7. The largest absolute Gasteiger partial charge is 0.381 e. The molecule has 0 spiro atoms. The molecule has 134 valence electrons. The SMILES string of the molecule is CNC1CCCN(C(=O)C2(c3cccc(F)c3)CCOCC2)C1.Cl. The van der Waals surface area contributed by atoms with Crippen molar-refractivity contribution >= 4 is 18.3 Å². The van der Waals surface area contributed by atoms with Crippen LogP contribution in [0.5, 0.6) is 0 Å². The van der Waals surface area contributed by atoms with Gasteiger partial charge in [-0.3, -0.25) is 4.79 Å². The number of hydrogen-bond acceptors (Lipinski definition) is 3. The van der Waals surface area contributed by atoms with Crippen LogP contribution in [0.15, 0.2) is 24.3 Å². The Balaban J connectivity index is 0.00000208. The molecule has 0 saturated carbocycles. The molecule has 3 rings (SSSR count). The molecule has 1 atom stereocenters. The number of amides is 1. The van der Waals surface area contributed by atoms with E-state index in [-0.39, 0.29) is 24.1 Å². The van der Waals surface area contributed by atoms with E-state index in [2.05, 4.69) is 5.32 Å². The summed E-state index contributed by atoms with van der Waals surface area (Å²) in [6.45, 7) is 2.61. The van der Waals surface area contributed by atoms with Gasteiger partial charge in [-0.05, 0) is 50.4 Å². The molecule has 0 aromatic heterocycles. The molecule has 2 fully saturated rings. The highest BCUT2D eigenvalue weighted by Gasteiger charge is 2.44. The molecule has 1 aromatic rings. The van der Waals surface area contributed by atoms with Gasteiger partial charge in [0.05, 0.1) is 5.41 Å². The van der Waals surface area contributed by atoms with Gasteiger partial charge in [-0.1, -0.05) is 12.1 Å². The average molecular weight is 357 g/mol. The molecule has 6 heteroatoms. The summed E-state index contributed by atoms with van der Waals surface area (Å²) < 4.78 is 19.2. The van der Waals surface area contributed by atoms with E-state index in [0.29, 0.717) is 32.1 Å². The van der Waals surface area contributed by atoms with Crippen LogP contribution in [0.25, 0.3) is 0 Å². The van der Waals surface area contributed by atoms with Crippen LogP contribution >= 0.6 is 12.4 Å². The molecule has 1 aromatic carbocycles. The van der Waals surface area contributed by atoms with E-state index >= 15 is 0 Å². The predicted molar refractivity (Wildman–Crippen MR) is 94.0 cm³/mol. The number of piperidine rings is 1. The van der Waals surface area contributed by atoms with Crippen molar-refractivity contribution in [1.29, 1.82) is 0 Å².